The van der Waals surface area contributed by atoms with E-state index < -0.39 is 0 Å². The van der Waals surface area contributed by atoms with E-state index in [1.54, 1.807) is 0 Å². The quantitative estimate of drug-likeness (QED) is 0.669. The first-order valence-electron chi connectivity index (χ1n) is 7.98. The van der Waals surface area contributed by atoms with E-state index in [9.17, 15) is 0 Å². The number of nitrogens with one attached hydrogen (secondary N) is 1. The van der Waals surface area contributed by atoms with Crippen LogP contribution in [0.15, 0.2) is 24.3 Å². The summed E-state index contributed by atoms with van der Waals surface area (Å²) < 4.78 is 11.2. The molecule has 0 heterocycles. The van der Waals surface area contributed by atoms with Crippen LogP contribution in [-0.2, 0) is 15.9 Å². The van der Waals surface area contributed by atoms with Crippen LogP contribution < -0.4 is 5.32 Å². The van der Waals surface area contributed by atoms with Crippen molar-refractivity contribution in [2.45, 2.75) is 46.3 Å². The molecule has 0 aliphatic carbocycles. The van der Waals surface area contributed by atoms with E-state index in [4.69, 9.17) is 9.47 Å². The molecule has 1 aromatic rings. The summed E-state index contributed by atoms with van der Waals surface area (Å²) in [5.74, 6) is 0.695. The topological polar surface area (TPSA) is 30.5 Å². The third-order valence-electron chi connectivity index (χ3n) is 3.34. The van der Waals surface area contributed by atoms with Crippen molar-refractivity contribution in [2.24, 2.45) is 5.92 Å². The molecule has 1 aromatic carbocycles. The Morgan fingerprint density at radius 1 is 1.00 bits per heavy atom. The molecule has 0 spiro atoms. The summed E-state index contributed by atoms with van der Waals surface area (Å²) in [5, 5.41) is 3.31. The highest BCUT2D eigenvalue weighted by molar-refractivity contribution is 5.25. The molecule has 0 amide bonds. The van der Waals surface area contributed by atoms with Gasteiger partial charge in [-0.05, 0) is 44.4 Å². The fraction of sp³-hybridized carbons (Fsp3) is 0.667. The molecule has 1 atom stereocenters. The van der Waals surface area contributed by atoms with Crippen molar-refractivity contribution in [2.75, 3.05) is 26.9 Å². The Balaban J connectivity index is 2.40. The van der Waals surface area contributed by atoms with Crippen LogP contribution in [0.25, 0.3) is 0 Å². The normalized spacial score (nSPS) is 13.1. The minimum Gasteiger partial charge on any atom is -0.377 e. The summed E-state index contributed by atoms with van der Waals surface area (Å²) in [4.78, 5) is 0. The minimum atomic E-state index is 0.233. The summed E-state index contributed by atoms with van der Waals surface area (Å²) in [6.07, 6.45) is 1.40. The van der Waals surface area contributed by atoms with Gasteiger partial charge in [-0.25, -0.2) is 0 Å². The highest BCUT2D eigenvalue weighted by Gasteiger charge is 2.09. The van der Waals surface area contributed by atoms with Gasteiger partial charge in [0.1, 0.15) is 0 Å². The maximum Gasteiger partial charge on any atom is 0.0703 e. The molecule has 0 aliphatic rings. The van der Waals surface area contributed by atoms with Crippen LogP contribution in [0.5, 0.6) is 0 Å². The molecule has 1 rings (SSSR count). The van der Waals surface area contributed by atoms with Crippen molar-refractivity contribution < 1.29 is 9.47 Å². The van der Waals surface area contributed by atoms with Gasteiger partial charge in [-0.15, -0.1) is 0 Å². The summed E-state index contributed by atoms with van der Waals surface area (Å²) >= 11 is 0. The fourth-order valence-corrected chi connectivity index (χ4v) is 2.25. The molecule has 0 aliphatic heterocycles. The molecule has 0 saturated carbocycles. The average molecular weight is 293 g/mol. The van der Waals surface area contributed by atoms with Crippen molar-refractivity contribution in [3.63, 3.8) is 0 Å². The monoisotopic (exact) mass is 293 g/mol. The average Bonchev–Trinajstić information content (AvgIpc) is 2.43. The molecular weight excluding hydrogens is 262 g/mol. The predicted octanol–water partition coefficient (Wildman–Crippen LogP) is 3.59. The van der Waals surface area contributed by atoms with E-state index in [-0.39, 0.29) is 12.1 Å². The lowest BCUT2D eigenvalue weighted by atomic mass is 10.00. The van der Waals surface area contributed by atoms with Gasteiger partial charge in [0.15, 0.2) is 0 Å². The minimum absolute atomic E-state index is 0.233. The van der Waals surface area contributed by atoms with Gasteiger partial charge in [-0.1, -0.05) is 38.1 Å². The number of ether oxygens (including phenoxy) is 2. The zero-order valence-electron chi connectivity index (χ0n) is 14.2. The van der Waals surface area contributed by atoms with Gasteiger partial charge >= 0.3 is 0 Å². The molecule has 120 valence electrons. The van der Waals surface area contributed by atoms with Gasteiger partial charge in [0.05, 0.1) is 32.0 Å². The number of rotatable bonds is 10. The number of benzene rings is 1. The molecule has 21 heavy (non-hydrogen) atoms. The van der Waals surface area contributed by atoms with E-state index >= 15 is 0 Å². The Morgan fingerprint density at radius 2 is 1.67 bits per heavy atom. The highest BCUT2D eigenvalue weighted by Crippen LogP contribution is 2.16. The second-order valence-electron chi connectivity index (χ2n) is 6.18. The van der Waals surface area contributed by atoms with E-state index in [1.165, 1.54) is 11.1 Å². The van der Waals surface area contributed by atoms with Crippen LogP contribution >= 0.6 is 0 Å². The first kappa shape index (κ1) is 18.1. The Labute approximate surface area is 130 Å². The van der Waals surface area contributed by atoms with E-state index in [0.717, 1.165) is 6.42 Å². The summed E-state index contributed by atoms with van der Waals surface area (Å²) in [6.45, 7) is 10.5. The molecule has 1 N–H and O–H groups in total. The van der Waals surface area contributed by atoms with Gasteiger partial charge in [0.25, 0.3) is 0 Å². The van der Waals surface area contributed by atoms with Crippen molar-refractivity contribution in [3.05, 3.63) is 35.4 Å². The second-order valence-corrected chi connectivity index (χ2v) is 6.18. The van der Waals surface area contributed by atoms with Crippen LogP contribution in [0, 0.1) is 5.92 Å². The lowest BCUT2D eigenvalue weighted by Crippen LogP contribution is -2.23. The van der Waals surface area contributed by atoms with E-state index in [1.807, 2.05) is 20.9 Å². The predicted molar refractivity (Wildman–Crippen MR) is 88.7 cm³/mol. The van der Waals surface area contributed by atoms with Crippen LogP contribution in [-0.4, -0.2) is 33.0 Å². The molecule has 0 aromatic heterocycles. The molecule has 0 radical (unpaired) electrons. The van der Waals surface area contributed by atoms with Crippen LogP contribution in [0.4, 0.5) is 0 Å². The molecule has 0 saturated heterocycles. The van der Waals surface area contributed by atoms with E-state index in [0.29, 0.717) is 25.7 Å². The number of likely N-dealkylation sites (N-methyl/N-ethyl adjacent to an activating group) is 1. The van der Waals surface area contributed by atoms with Gasteiger partial charge in [-0.2, -0.15) is 0 Å². The summed E-state index contributed by atoms with van der Waals surface area (Å²) in [7, 11) is 1.97. The maximum absolute atomic E-state index is 5.70. The Hall–Kier alpha value is -0.900. The third-order valence-corrected chi connectivity index (χ3v) is 3.34. The Kier molecular flexibility index (Phi) is 8.58. The van der Waals surface area contributed by atoms with Crippen molar-refractivity contribution in [1.82, 2.24) is 5.32 Å². The third kappa shape index (κ3) is 7.60. The molecule has 0 fully saturated rings. The Morgan fingerprint density at radius 3 is 2.19 bits per heavy atom. The number of hydrogen-bond acceptors (Lipinski definition) is 3. The van der Waals surface area contributed by atoms with Crippen LogP contribution in [0.2, 0.25) is 0 Å². The standard InChI is InChI=1S/C18H31NO2/c1-14(2)12-16-6-8-17(9-7-16)18(19-5)13-20-10-11-21-15(3)4/h6-9,14-15,18-19H,10-13H2,1-5H3. The van der Waals surface area contributed by atoms with Crippen molar-refractivity contribution in [3.8, 4) is 0 Å². The maximum atomic E-state index is 5.70. The lowest BCUT2D eigenvalue weighted by Gasteiger charge is -2.18. The lowest BCUT2D eigenvalue weighted by molar-refractivity contribution is 0.0142. The fourth-order valence-electron chi connectivity index (χ4n) is 2.25. The largest absolute Gasteiger partial charge is 0.377 e. The first-order chi connectivity index (χ1) is 10.0. The van der Waals surface area contributed by atoms with Crippen molar-refractivity contribution in [1.29, 1.82) is 0 Å². The SMILES string of the molecule is CNC(COCCOC(C)C)c1ccc(CC(C)C)cc1. The highest BCUT2D eigenvalue weighted by atomic mass is 16.5. The molecule has 0 bridgehead atoms. The molecule has 1 unspecified atom stereocenters. The van der Waals surface area contributed by atoms with Crippen LogP contribution in [0.1, 0.15) is 44.9 Å². The first-order valence-corrected chi connectivity index (χ1v) is 7.98. The Bertz CT molecular complexity index is 373. The van der Waals surface area contributed by atoms with Gasteiger partial charge < -0.3 is 14.8 Å². The van der Waals surface area contributed by atoms with Crippen molar-refractivity contribution >= 4 is 0 Å². The second kappa shape index (κ2) is 9.93. The smallest absolute Gasteiger partial charge is 0.0703 e. The van der Waals surface area contributed by atoms with Gasteiger partial charge in [0, 0.05) is 0 Å². The van der Waals surface area contributed by atoms with Crippen LogP contribution in [0.3, 0.4) is 0 Å². The van der Waals surface area contributed by atoms with Gasteiger partial charge in [0.2, 0.25) is 0 Å². The zero-order chi connectivity index (χ0) is 15.7. The number of hydrogen-bond donors (Lipinski definition) is 1. The molecule has 3 nitrogen and oxygen atoms in total. The van der Waals surface area contributed by atoms with Gasteiger partial charge in [-0.3, -0.25) is 0 Å². The van der Waals surface area contributed by atoms with E-state index in [2.05, 4.69) is 43.4 Å². The molecular formula is C18H31NO2. The molecule has 3 heteroatoms. The summed E-state index contributed by atoms with van der Waals surface area (Å²) in [5.41, 5.74) is 2.67. The summed E-state index contributed by atoms with van der Waals surface area (Å²) in [6, 6.07) is 9.08. The zero-order valence-corrected chi connectivity index (χ0v) is 14.2.